The van der Waals surface area contributed by atoms with E-state index in [1.807, 2.05) is 12.1 Å². The molecule has 1 aliphatic heterocycles. The number of nitrogens with one attached hydrogen (secondary N) is 1. The van der Waals surface area contributed by atoms with Crippen molar-refractivity contribution in [2.75, 3.05) is 6.54 Å². The Morgan fingerprint density at radius 2 is 2.16 bits per heavy atom. The van der Waals surface area contributed by atoms with E-state index >= 15 is 0 Å². The second-order valence-corrected chi connectivity index (χ2v) is 5.25. The number of amides is 1. The summed E-state index contributed by atoms with van der Waals surface area (Å²) in [7, 11) is 0. The molecule has 3 rings (SSSR count). The van der Waals surface area contributed by atoms with Crippen molar-refractivity contribution in [3.63, 3.8) is 0 Å². The first-order valence-electron chi connectivity index (χ1n) is 5.99. The zero-order valence-corrected chi connectivity index (χ0v) is 11.6. The minimum Gasteiger partial charge on any atom is -0.451 e. The summed E-state index contributed by atoms with van der Waals surface area (Å²) in [5, 5.41) is 13.0. The molecule has 2 aromatic rings. The van der Waals surface area contributed by atoms with Crippen molar-refractivity contribution in [3.8, 4) is 0 Å². The largest absolute Gasteiger partial charge is 0.451 e. The summed E-state index contributed by atoms with van der Waals surface area (Å²) >= 11 is 3.20. The van der Waals surface area contributed by atoms with Crippen molar-refractivity contribution < 1.29 is 14.3 Å². The van der Waals surface area contributed by atoms with Crippen LogP contribution in [-0.2, 0) is 6.42 Å². The molecule has 2 N–H and O–H groups in total. The molecule has 0 bridgehead atoms. The molecule has 1 atom stereocenters. The van der Waals surface area contributed by atoms with E-state index in [4.69, 9.17) is 4.42 Å². The van der Waals surface area contributed by atoms with Crippen LogP contribution in [0.5, 0.6) is 0 Å². The topological polar surface area (TPSA) is 62.5 Å². The molecule has 0 saturated carbocycles. The van der Waals surface area contributed by atoms with E-state index in [9.17, 15) is 9.90 Å². The van der Waals surface area contributed by atoms with Crippen LogP contribution in [0.3, 0.4) is 0 Å². The van der Waals surface area contributed by atoms with Gasteiger partial charge >= 0.3 is 0 Å². The summed E-state index contributed by atoms with van der Waals surface area (Å²) in [4.78, 5) is 11.8. The predicted octanol–water partition coefficient (Wildman–Crippen LogP) is 2.41. The van der Waals surface area contributed by atoms with Gasteiger partial charge in [-0.3, -0.25) is 4.79 Å². The zero-order valence-electron chi connectivity index (χ0n) is 10.0. The Bertz CT molecular complexity index is 635. The van der Waals surface area contributed by atoms with Crippen molar-refractivity contribution in [1.82, 2.24) is 5.32 Å². The van der Waals surface area contributed by atoms with Crippen LogP contribution < -0.4 is 5.32 Å². The molecule has 1 aromatic heterocycles. The molecule has 0 spiro atoms. The Morgan fingerprint density at radius 1 is 1.32 bits per heavy atom. The van der Waals surface area contributed by atoms with Gasteiger partial charge in [0.25, 0.3) is 5.91 Å². The number of aliphatic hydroxyl groups excluding tert-OH is 1. The normalized spacial score (nSPS) is 15.8. The standard InChI is InChI=1S/C14H12BrNO3/c15-12-4-3-11(19-12)13(17)9-2-1-8-5-6-16-14(18)10(8)7-9/h1-4,7,13,17H,5-6H2,(H,16,18). The quantitative estimate of drug-likeness (QED) is 0.892. The second kappa shape index (κ2) is 4.83. The van der Waals surface area contributed by atoms with Crippen LogP contribution in [0.25, 0.3) is 0 Å². The smallest absolute Gasteiger partial charge is 0.251 e. The number of halogens is 1. The lowest BCUT2D eigenvalue weighted by Crippen LogP contribution is -2.31. The highest BCUT2D eigenvalue weighted by atomic mass is 79.9. The summed E-state index contributed by atoms with van der Waals surface area (Å²) in [6.45, 7) is 0.666. The predicted molar refractivity (Wildman–Crippen MR) is 72.9 cm³/mol. The molecule has 0 aliphatic carbocycles. The van der Waals surface area contributed by atoms with Crippen molar-refractivity contribution >= 4 is 21.8 Å². The molecule has 2 heterocycles. The summed E-state index contributed by atoms with van der Waals surface area (Å²) in [5.41, 5.74) is 2.30. The van der Waals surface area contributed by atoms with E-state index in [0.29, 0.717) is 28.1 Å². The molecule has 19 heavy (non-hydrogen) atoms. The highest BCUT2D eigenvalue weighted by molar-refractivity contribution is 9.10. The first-order chi connectivity index (χ1) is 9.15. The van der Waals surface area contributed by atoms with Crippen LogP contribution in [-0.4, -0.2) is 17.6 Å². The van der Waals surface area contributed by atoms with Crippen LogP contribution in [0.1, 0.15) is 33.3 Å². The van der Waals surface area contributed by atoms with Gasteiger partial charge in [-0.15, -0.1) is 0 Å². The highest BCUT2D eigenvalue weighted by Crippen LogP contribution is 2.28. The first kappa shape index (κ1) is 12.4. The molecule has 1 aliphatic rings. The molecule has 4 nitrogen and oxygen atoms in total. The maximum atomic E-state index is 11.8. The molecule has 0 radical (unpaired) electrons. The molecule has 98 valence electrons. The SMILES string of the molecule is O=C1NCCc2ccc(C(O)c3ccc(Br)o3)cc21. The van der Waals surface area contributed by atoms with Crippen molar-refractivity contribution in [2.24, 2.45) is 0 Å². The number of carbonyl (C=O) groups is 1. The molecule has 1 amide bonds. The average Bonchev–Trinajstić information content (AvgIpc) is 2.85. The zero-order chi connectivity index (χ0) is 13.4. The molecule has 1 aromatic carbocycles. The third-order valence-electron chi connectivity index (χ3n) is 3.24. The number of aliphatic hydroxyl groups is 1. The first-order valence-corrected chi connectivity index (χ1v) is 6.79. The van der Waals surface area contributed by atoms with Gasteiger partial charge in [-0.05, 0) is 51.7 Å². The van der Waals surface area contributed by atoms with Crippen LogP contribution in [0.4, 0.5) is 0 Å². The van der Waals surface area contributed by atoms with Crippen LogP contribution in [0.2, 0.25) is 0 Å². The summed E-state index contributed by atoms with van der Waals surface area (Å²) in [5.74, 6) is 0.360. The van der Waals surface area contributed by atoms with Gasteiger partial charge in [-0.25, -0.2) is 0 Å². The number of fused-ring (bicyclic) bond motifs is 1. The fraction of sp³-hybridized carbons (Fsp3) is 0.214. The van der Waals surface area contributed by atoms with E-state index in [-0.39, 0.29) is 5.91 Å². The number of benzene rings is 1. The third-order valence-corrected chi connectivity index (χ3v) is 3.66. The lowest BCUT2D eigenvalue weighted by Gasteiger charge is -2.18. The van der Waals surface area contributed by atoms with Gasteiger partial charge in [0, 0.05) is 12.1 Å². The van der Waals surface area contributed by atoms with Crippen LogP contribution in [0.15, 0.2) is 39.4 Å². The van der Waals surface area contributed by atoms with Gasteiger partial charge in [0.05, 0.1) is 0 Å². The molecule has 5 heteroatoms. The highest BCUT2D eigenvalue weighted by Gasteiger charge is 2.20. The van der Waals surface area contributed by atoms with Gasteiger partial charge in [0.15, 0.2) is 4.67 Å². The third kappa shape index (κ3) is 2.31. The fourth-order valence-corrected chi connectivity index (χ4v) is 2.56. The van der Waals surface area contributed by atoms with Crippen molar-refractivity contribution in [2.45, 2.75) is 12.5 Å². The maximum absolute atomic E-state index is 11.8. The minimum absolute atomic E-state index is 0.0871. The molecule has 0 fully saturated rings. The Balaban J connectivity index is 1.97. The molecule has 1 unspecified atom stereocenters. The molecular formula is C14H12BrNO3. The van der Waals surface area contributed by atoms with Crippen LogP contribution in [0, 0.1) is 0 Å². The average molecular weight is 322 g/mol. The lowest BCUT2D eigenvalue weighted by atomic mass is 9.95. The number of hydrogen-bond donors (Lipinski definition) is 2. The minimum atomic E-state index is -0.869. The maximum Gasteiger partial charge on any atom is 0.251 e. The van der Waals surface area contributed by atoms with Gasteiger partial charge in [0.1, 0.15) is 11.9 Å². The Kier molecular flexibility index (Phi) is 3.16. The molecule has 0 saturated heterocycles. The monoisotopic (exact) mass is 321 g/mol. The van der Waals surface area contributed by atoms with Gasteiger partial charge in [-0.1, -0.05) is 12.1 Å². The Labute approximate surface area is 118 Å². The number of furan rings is 1. The second-order valence-electron chi connectivity index (χ2n) is 4.47. The fourth-order valence-electron chi connectivity index (χ4n) is 2.24. The summed E-state index contributed by atoms with van der Waals surface area (Å²) in [6.07, 6.45) is -0.0460. The lowest BCUT2D eigenvalue weighted by molar-refractivity contribution is 0.0945. The number of rotatable bonds is 2. The van der Waals surface area contributed by atoms with Crippen molar-refractivity contribution in [1.29, 1.82) is 0 Å². The van der Waals surface area contributed by atoms with Crippen LogP contribution >= 0.6 is 15.9 Å². The van der Waals surface area contributed by atoms with E-state index in [1.165, 1.54) is 0 Å². The van der Waals surface area contributed by atoms with E-state index in [0.717, 1.165) is 12.0 Å². The molecular weight excluding hydrogens is 310 g/mol. The van der Waals surface area contributed by atoms with E-state index < -0.39 is 6.10 Å². The van der Waals surface area contributed by atoms with Gasteiger partial charge in [0.2, 0.25) is 0 Å². The number of carbonyl (C=O) groups excluding carboxylic acids is 1. The summed E-state index contributed by atoms with van der Waals surface area (Å²) in [6, 6.07) is 8.88. The number of hydrogen-bond acceptors (Lipinski definition) is 3. The van der Waals surface area contributed by atoms with Gasteiger partial charge in [-0.2, -0.15) is 0 Å². The van der Waals surface area contributed by atoms with Crippen molar-refractivity contribution in [3.05, 3.63) is 57.5 Å². The Hall–Kier alpha value is -1.59. The van der Waals surface area contributed by atoms with E-state index in [2.05, 4.69) is 21.2 Å². The summed E-state index contributed by atoms with van der Waals surface area (Å²) < 4.78 is 5.90. The van der Waals surface area contributed by atoms with Gasteiger partial charge < -0.3 is 14.8 Å². The van der Waals surface area contributed by atoms with E-state index in [1.54, 1.807) is 18.2 Å². The Morgan fingerprint density at radius 3 is 2.89 bits per heavy atom.